The number of nitrogens with one attached hydrogen (secondary N) is 1. The van der Waals surface area contributed by atoms with Crippen molar-refractivity contribution < 1.29 is 0 Å². The number of nitrogens with zero attached hydrogens (tertiary/aromatic N) is 2. The first-order valence-electron chi connectivity index (χ1n) is 7.12. The van der Waals surface area contributed by atoms with Gasteiger partial charge in [-0.05, 0) is 25.3 Å². The summed E-state index contributed by atoms with van der Waals surface area (Å²) in [4.78, 5) is 7.32. The second-order valence-corrected chi connectivity index (χ2v) is 6.88. The van der Waals surface area contributed by atoms with E-state index < -0.39 is 0 Å². The number of thiazole rings is 1. The lowest BCUT2D eigenvalue weighted by atomic mass is 9.94. The molecule has 2 fully saturated rings. The Kier molecular flexibility index (Phi) is 3.68. The van der Waals surface area contributed by atoms with Crippen molar-refractivity contribution in [3.05, 3.63) is 16.1 Å². The molecule has 2 aliphatic heterocycles. The zero-order valence-electron chi connectivity index (χ0n) is 11.4. The number of hydrogen-bond acceptors (Lipinski definition) is 4. The Balaban J connectivity index is 1.59. The van der Waals surface area contributed by atoms with Gasteiger partial charge in [-0.2, -0.15) is 0 Å². The minimum absolute atomic E-state index is 0.562. The fourth-order valence-corrected chi connectivity index (χ4v) is 3.98. The molecule has 0 spiro atoms. The summed E-state index contributed by atoms with van der Waals surface area (Å²) in [5.41, 5.74) is 1.27. The molecule has 100 valence electrons. The highest BCUT2D eigenvalue weighted by atomic mass is 32.1. The summed E-state index contributed by atoms with van der Waals surface area (Å²) in [5, 5.41) is 7.18. The zero-order chi connectivity index (χ0) is 12.5. The third-order valence-corrected chi connectivity index (χ3v) is 5.32. The number of rotatable bonds is 3. The average Bonchev–Trinajstić information content (AvgIpc) is 2.94. The predicted molar refractivity (Wildman–Crippen MR) is 76.0 cm³/mol. The van der Waals surface area contributed by atoms with Crippen molar-refractivity contribution in [2.75, 3.05) is 19.6 Å². The molecule has 0 radical (unpaired) electrons. The molecule has 2 aliphatic rings. The fraction of sp³-hybridized carbons (Fsp3) is 0.786. The number of aromatic nitrogens is 1. The van der Waals surface area contributed by atoms with Crippen LogP contribution in [0.25, 0.3) is 0 Å². The van der Waals surface area contributed by atoms with Gasteiger partial charge in [0.25, 0.3) is 0 Å². The maximum atomic E-state index is 4.75. The lowest BCUT2D eigenvalue weighted by Gasteiger charge is -2.24. The highest BCUT2D eigenvalue weighted by Crippen LogP contribution is 2.27. The van der Waals surface area contributed by atoms with Crippen LogP contribution in [0.2, 0.25) is 0 Å². The summed E-state index contributed by atoms with van der Waals surface area (Å²) in [5.74, 6) is 1.44. The van der Waals surface area contributed by atoms with Gasteiger partial charge in [0.05, 0.1) is 10.7 Å². The second-order valence-electron chi connectivity index (χ2n) is 5.99. The van der Waals surface area contributed by atoms with Crippen LogP contribution in [0.4, 0.5) is 0 Å². The maximum absolute atomic E-state index is 4.75. The van der Waals surface area contributed by atoms with E-state index in [1.807, 2.05) is 11.3 Å². The van der Waals surface area contributed by atoms with Gasteiger partial charge < -0.3 is 5.32 Å². The van der Waals surface area contributed by atoms with Crippen molar-refractivity contribution in [2.24, 2.45) is 5.92 Å². The van der Waals surface area contributed by atoms with Crippen LogP contribution in [0, 0.1) is 5.92 Å². The SMILES string of the molecule is CC(C)c1nc(CN2C[C@@H]3CCCN[C@@H]3C2)cs1. The minimum atomic E-state index is 0.562. The van der Waals surface area contributed by atoms with E-state index in [1.165, 1.54) is 43.2 Å². The van der Waals surface area contributed by atoms with E-state index in [4.69, 9.17) is 4.98 Å². The topological polar surface area (TPSA) is 28.2 Å². The van der Waals surface area contributed by atoms with Crippen molar-refractivity contribution in [3.8, 4) is 0 Å². The van der Waals surface area contributed by atoms with Gasteiger partial charge in [-0.15, -0.1) is 11.3 Å². The first-order chi connectivity index (χ1) is 8.72. The zero-order valence-corrected chi connectivity index (χ0v) is 12.2. The Morgan fingerprint density at radius 3 is 3.11 bits per heavy atom. The minimum Gasteiger partial charge on any atom is -0.312 e. The van der Waals surface area contributed by atoms with Crippen molar-refractivity contribution in [3.63, 3.8) is 0 Å². The molecule has 3 rings (SSSR count). The Labute approximate surface area is 114 Å². The van der Waals surface area contributed by atoms with Crippen LogP contribution in [-0.4, -0.2) is 35.6 Å². The van der Waals surface area contributed by atoms with Crippen molar-refractivity contribution >= 4 is 11.3 Å². The van der Waals surface area contributed by atoms with Crippen LogP contribution < -0.4 is 5.32 Å². The van der Waals surface area contributed by atoms with Gasteiger partial charge in [-0.3, -0.25) is 4.90 Å². The van der Waals surface area contributed by atoms with Gasteiger partial charge in [0.1, 0.15) is 0 Å². The highest BCUT2D eigenvalue weighted by Gasteiger charge is 2.34. The van der Waals surface area contributed by atoms with Crippen molar-refractivity contribution in [2.45, 2.75) is 45.2 Å². The molecule has 0 saturated carbocycles. The van der Waals surface area contributed by atoms with E-state index in [0.29, 0.717) is 5.92 Å². The molecule has 2 saturated heterocycles. The summed E-state index contributed by atoms with van der Waals surface area (Å²) in [6, 6.07) is 0.738. The van der Waals surface area contributed by atoms with Crippen LogP contribution in [0.15, 0.2) is 5.38 Å². The first-order valence-corrected chi connectivity index (χ1v) is 8.00. The van der Waals surface area contributed by atoms with E-state index in [-0.39, 0.29) is 0 Å². The number of likely N-dealkylation sites (tertiary alicyclic amines) is 1. The third kappa shape index (κ3) is 2.60. The Bertz CT molecular complexity index is 387. The van der Waals surface area contributed by atoms with Gasteiger partial charge >= 0.3 is 0 Å². The summed E-state index contributed by atoms with van der Waals surface area (Å²) < 4.78 is 0. The Morgan fingerprint density at radius 2 is 2.39 bits per heavy atom. The largest absolute Gasteiger partial charge is 0.312 e. The lowest BCUT2D eigenvalue weighted by Crippen LogP contribution is -2.40. The molecule has 3 nitrogen and oxygen atoms in total. The molecule has 0 unspecified atom stereocenters. The van der Waals surface area contributed by atoms with E-state index in [1.54, 1.807) is 0 Å². The van der Waals surface area contributed by atoms with Crippen LogP contribution in [0.1, 0.15) is 43.3 Å². The summed E-state index contributed by atoms with van der Waals surface area (Å²) in [7, 11) is 0. The molecule has 1 aromatic rings. The second kappa shape index (κ2) is 5.27. The van der Waals surface area contributed by atoms with Crippen LogP contribution >= 0.6 is 11.3 Å². The van der Waals surface area contributed by atoms with Crippen LogP contribution in [0.5, 0.6) is 0 Å². The quantitative estimate of drug-likeness (QED) is 0.910. The average molecular weight is 265 g/mol. The Hall–Kier alpha value is -0.450. The highest BCUT2D eigenvalue weighted by molar-refractivity contribution is 7.09. The normalized spacial score (nSPS) is 28.8. The number of piperidine rings is 1. The molecule has 3 heterocycles. The fourth-order valence-electron chi connectivity index (χ4n) is 3.15. The van der Waals surface area contributed by atoms with Gasteiger partial charge in [0.2, 0.25) is 0 Å². The van der Waals surface area contributed by atoms with Gasteiger partial charge in [0.15, 0.2) is 0 Å². The van der Waals surface area contributed by atoms with Gasteiger partial charge in [-0.25, -0.2) is 4.98 Å². The van der Waals surface area contributed by atoms with Gasteiger partial charge in [0, 0.05) is 37.0 Å². The molecule has 0 aliphatic carbocycles. The van der Waals surface area contributed by atoms with E-state index >= 15 is 0 Å². The van der Waals surface area contributed by atoms with Gasteiger partial charge in [-0.1, -0.05) is 13.8 Å². The molecule has 0 amide bonds. The maximum Gasteiger partial charge on any atom is 0.0954 e. The number of hydrogen-bond donors (Lipinski definition) is 1. The molecular formula is C14H23N3S. The molecule has 1 N–H and O–H groups in total. The van der Waals surface area contributed by atoms with Crippen molar-refractivity contribution in [1.29, 1.82) is 0 Å². The predicted octanol–water partition coefficient (Wildman–Crippen LogP) is 2.45. The first kappa shape index (κ1) is 12.6. The molecule has 4 heteroatoms. The summed E-state index contributed by atoms with van der Waals surface area (Å²) in [6.45, 7) is 9.15. The van der Waals surface area contributed by atoms with Crippen LogP contribution in [0.3, 0.4) is 0 Å². The monoisotopic (exact) mass is 265 g/mol. The molecule has 18 heavy (non-hydrogen) atoms. The van der Waals surface area contributed by atoms with E-state index in [2.05, 4.69) is 29.4 Å². The number of fused-ring (bicyclic) bond motifs is 1. The molecule has 0 bridgehead atoms. The molecule has 1 aromatic heterocycles. The summed E-state index contributed by atoms with van der Waals surface area (Å²) >= 11 is 1.81. The molecule has 0 aromatic carbocycles. The third-order valence-electron chi connectivity index (χ3n) is 4.12. The Morgan fingerprint density at radius 1 is 1.50 bits per heavy atom. The summed E-state index contributed by atoms with van der Waals surface area (Å²) in [6.07, 6.45) is 2.76. The molecule has 2 atom stereocenters. The smallest absolute Gasteiger partial charge is 0.0954 e. The van der Waals surface area contributed by atoms with E-state index in [0.717, 1.165) is 18.5 Å². The van der Waals surface area contributed by atoms with Crippen LogP contribution in [-0.2, 0) is 6.54 Å². The van der Waals surface area contributed by atoms with Crippen molar-refractivity contribution in [1.82, 2.24) is 15.2 Å². The van der Waals surface area contributed by atoms with E-state index in [9.17, 15) is 0 Å². The standard InChI is InChI=1S/C14H23N3S/c1-10(2)14-16-12(9-18-14)7-17-6-11-4-3-5-15-13(11)8-17/h9-11,13,15H,3-8H2,1-2H3/t11-,13+/m0/s1. The lowest BCUT2D eigenvalue weighted by molar-refractivity contribution is 0.309. The molecular weight excluding hydrogens is 242 g/mol.